The maximum Gasteiger partial charge on any atom is 0.326 e. The number of carbonyl (C=O) groups excluding carboxylic acids is 4. The number of hydrogen-bond acceptors (Lipinski definition) is 9. The average Bonchev–Trinajstić information content (AvgIpc) is 3.52. The van der Waals surface area contributed by atoms with E-state index in [4.69, 9.17) is 0 Å². The molecule has 3 saturated heterocycles. The molecule has 3 fully saturated rings. The van der Waals surface area contributed by atoms with Crippen LogP contribution in [0.4, 0.5) is 18.9 Å². The van der Waals surface area contributed by atoms with Gasteiger partial charge in [-0.15, -0.1) is 0 Å². The second-order valence-electron chi connectivity index (χ2n) is 13.0. The third-order valence-electron chi connectivity index (χ3n) is 9.63. The fraction of sp³-hybridized carbons (Fsp3) is 0.364. The molecule has 2 unspecified atom stereocenters. The van der Waals surface area contributed by atoms with Gasteiger partial charge in [0.1, 0.15) is 18.0 Å². The van der Waals surface area contributed by atoms with E-state index in [-0.39, 0.29) is 48.2 Å². The van der Waals surface area contributed by atoms with Crippen molar-refractivity contribution in [1.29, 1.82) is 0 Å². The molecule has 0 saturated carbocycles. The number of phenols is 1. The number of fused-ring (bicyclic) bond motifs is 2. The number of phenolic OH excluding ortho intramolecular Hbond substituents is 1. The van der Waals surface area contributed by atoms with E-state index in [9.17, 15) is 32.7 Å². The Morgan fingerprint density at radius 2 is 1.84 bits per heavy atom. The number of aryl methyl sites for hydroxylation is 1. The van der Waals surface area contributed by atoms with E-state index >= 15 is 13.2 Å². The van der Waals surface area contributed by atoms with E-state index in [1.807, 2.05) is 0 Å². The lowest BCUT2D eigenvalue weighted by molar-refractivity contribution is -0.134. The lowest BCUT2D eigenvalue weighted by Gasteiger charge is -2.38. The van der Waals surface area contributed by atoms with Gasteiger partial charge in [0.05, 0.1) is 29.6 Å². The molecular weight excluding hydrogens is 695 g/mol. The molecule has 0 radical (unpaired) electrons. The van der Waals surface area contributed by atoms with Gasteiger partial charge in [0, 0.05) is 42.9 Å². The van der Waals surface area contributed by atoms with Gasteiger partial charge >= 0.3 is 10.2 Å². The molecule has 3 aromatic carbocycles. The second-order valence-corrected chi connectivity index (χ2v) is 14.5. The van der Waals surface area contributed by atoms with Gasteiger partial charge in [0.25, 0.3) is 17.7 Å². The topological polar surface area (TPSA) is 183 Å². The average molecular weight is 728 g/mol. The summed E-state index contributed by atoms with van der Waals surface area (Å²) in [5, 5.41) is 20.6. The second kappa shape index (κ2) is 12.5. The predicted octanol–water partition coefficient (Wildman–Crippen LogP) is 2.13. The third kappa shape index (κ3) is 6.22. The molecule has 18 heteroatoms. The maximum atomic E-state index is 15.6. The smallest absolute Gasteiger partial charge is 0.326 e. The van der Waals surface area contributed by atoms with Gasteiger partial charge in [-0.25, -0.2) is 22.2 Å². The fourth-order valence-corrected chi connectivity index (χ4v) is 8.30. The number of aromatic nitrogens is 2. The first-order valence-corrected chi connectivity index (χ1v) is 17.5. The van der Waals surface area contributed by atoms with E-state index in [0.717, 1.165) is 6.07 Å². The summed E-state index contributed by atoms with van der Waals surface area (Å²) < 4.78 is 74.7. The Labute approximate surface area is 288 Å². The number of likely N-dealkylation sites (tertiary alicyclic amines) is 1. The Morgan fingerprint density at radius 3 is 2.55 bits per heavy atom. The number of halogens is 3. The van der Waals surface area contributed by atoms with Crippen LogP contribution in [0.15, 0.2) is 42.5 Å². The number of amides is 4. The van der Waals surface area contributed by atoms with Crippen LogP contribution < -0.4 is 19.7 Å². The fourth-order valence-electron chi connectivity index (χ4n) is 7.13. The summed E-state index contributed by atoms with van der Waals surface area (Å²) in [5.74, 6) is -8.85. The molecule has 4 aromatic rings. The number of anilines is 1. The van der Waals surface area contributed by atoms with Crippen molar-refractivity contribution in [1.82, 2.24) is 30.0 Å². The minimum absolute atomic E-state index is 0.0358. The SMILES string of the molecule is Cn1nc(C2CCC(=O)NC2=O)c2ccc(C3CCN(CCNC(=O)c4ccc5c(F)c(N6CC(=O)NS6(=O)=O)c(O)cc5c4)CC3(F)F)cc21. The van der Waals surface area contributed by atoms with Crippen molar-refractivity contribution in [3.05, 3.63) is 65.1 Å². The minimum Gasteiger partial charge on any atom is -0.506 e. The molecule has 51 heavy (non-hydrogen) atoms. The number of carbonyl (C=O) groups is 4. The summed E-state index contributed by atoms with van der Waals surface area (Å²) in [4.78, 5) is 50.1. The lowest BCUT2D eigenvalue weighted by atomic mass is 9.85. The van der Waals surface area contributed by atoms with Gasteiger partial charge in [-0.3, -0.25) is 34.1 Å². The number of nitrogens with zero attached hydrogens (tertiary/aromatic N) is 4. The Morgan fingerprint density at radius 1 is 1.08 bits per heavy atom. The largest absolute Gasteiger partial charge is 0.506 e. The van der Waals surface area contributed by atoms with Crippen LogP contribution in [-0.4, -0.2) is 90.5 Å². The van der Waals surface area contributed by atoms with Gasteiger partial charge in [-0.2, -0.15) is 13.5 Å². The Balaban J connectivity index is 0.984. The minimum atomic E-state index is -4.39. The van der Waals surface area contributed by atoms with Crippen LogP contribution in [0.25, 0.3) is 21.7 Å². The Hall–Kier alpha value is -5.23. The van der Waals surface area contributed by atoms with E-state index in [0.29, 0.717) is 39.4 Å². The Kier molecular flexibility index (Phi) is 8.40. The van der Waals surface area contributed by atoms with Crippen molar-refractivity contribution >= 4 is 61.2 Å². The molecule has 7 rings (SSSR count). The molecule has 0 spiro atoms. The molecule has 0 aliphatic carbocycles. The summed E-state index contributed by atoms with van der Waals surface area (Å²) >= 11 is 0. The molecule has 1 aromatic heterocycles. The molecule has 4 N–H and O–H groups in total. The zero-order chi connectivity index (χ0) is 36.4. The Bertz CT molecular complexity index is 2260. The van der Waals surface area contributed by atoms with Crippen LogP contribution in [0.3, 0.4) is 0 Å². The molecule has 268 valence electrons. The summed E-state index contributed by atoms with van der Waals surface area (Å²) in [6.07, 6.45) is 0.661. The molecule has 3 aliphatic heterocycles. The van der Waals surface area contributed by atoms with E-state index in [2.05, 4.69) is 15.7 Å². The molecule has 2 atom stereocenters. The number of alkyl halides is 2. The highest BCUT2D eigenvalue weighted by molar-refractivity contribution is 7.92. The first-order chi connectivity index (χ1) is 24.1. The molecule has 3 aliphatic rings. The van der Waals surface area contributed by atoms with E-state index < -0.39 is 76.0 Å². The number of imide groups is 1. The molecule has 4 heterocycles. The zero-order valence-corrected chi connectivity index (χ0v) is 27.9. The van der Waals surface area contributed by atoms with E-state index in [1.54, 1.807) is 39.6 Å². The van der Waals surface area contributed by atoms with Gasteiger partial charge in [0.2, 0.25) is 11.8 Å². The standard InChI is InChI=1S/C33H32F3N7O7S/c1-41-24-13-17(2-5-21(24)29(39-41)22-6-7-26(45)38-32(22)48)23-8-10-42(16-33(23,35)36)11-9-37-31(47)18-3-4-20-19(12-18)14-25(44)30(28(20)34)43-15-27(46)40-51(43,49)50/h2-5,12-14,22-23,44H,6-11,15-16H2,1H3,(H,37,47)(H,40,46)(H,38,45,48). The summed E-state index contributed by atoms with van der Waals surface area (Å²) in [7, 11) is -2.71. The van der Waals surface area contributed by atoms with Crippen LogP contribution in [0.5, 0.6) is 5.75 Å². The van der Waals surface area contributed by atoms with Crippen molar-refractivity contribution < 1.29 is 45.9 Å². The van der Waals surface area contributed by atoms with Crippen LogP contribution >= 0.6 is 0 Å². The zero-order valence-electron chi connectivity index (χ0n) is 27.1. The summed E-state index contributed by atoms with van der Waals surface area (Å²) in [6.45, 7) is -0.741. The first-order valence-electron chi connectivity index (χ1n) is 16.1. The number of benzene rings is 3. The summed E-state index contributed by atoms with van der Waals surface area (Å²) in [6, 6.07) is 9.93. The number of aromatic hydroxyl groups is 1. The van der Waals surface area contributed by atoms with Crippen molar-refractivity contribution in [2.75, 3.05) is 37.0 Å². The highest BCUT2D eigenvalue weighted by Crippen LogP contribution is 2.42. The van der Waals surface area contributed by atoms with Gasteiger partial charge in [-0.05, 0) is 54.6 Å². The number of piperidine rings is 2. The van der Waals surface area contributed by atoms with Crippen LogP contribution in [0, 0.1) is 5.82 Å². The van der Waals surface area contributed by atoms with Gasteiger partial charge in [0.15, 0.2) is 5.82 Å². The number of hydrogen-bond donors (Lipinski definition) is 4. The monoisotopic (exact) mass is 727 g/mol. The number of rotatable bonds is 7. The molecule has 14 nitrogen and oxygen atoms in total. The predicted molar refractivity (Wildman–Crippen MR) is 177 cm³/mol. The number of nitrogens with one attached hydrogen (secondary N) is 3. The molecule has 4 amide bonds. The van der Waals surface area contributed by atoms with E-state index in [1.165, 1.54) is 18.2 Å². The highest BCUT2D eigenvalue weighted by Gasteiger charge is 2.45. The van der Waals surface area contributed by atoms with Crippen molar-refractivity contribution in [2.24, 2.45) is 7.05 Å². The van der Waals surface area contributed by atoms with Crippen LogP contribution in [0.2, 0.25) is 0 Å². The molecular formula is C33H32F3N7O7S. The third-order valence-corrected chi connectivity index (χ3v) is 11.0. The first kappa shape index (κ1) is 34.2. The molecule has 0 bridgehead atoms. The van der Waals surface area contributed by atoms with Gasteiger partial charge < -0.3 is 10.4 Å². The quantitative estimate of drug-likeness (QED) is 0.207. The maximum absolute atomic E-state index is 15.6. The summed E-state index contributed by atoms with van der Waals surface area (Å²) in [5.41, 5.74) is 0.942. The van der Waals surface area contributed by atoms with Crippen LogP contribution in [0.1, 0.15) is 52.7 Å². The van der Waals surface area contributed by atoms with Gasteiger partial charge in [-0.1, -0.05) is 18.2 Å². The van der Waals surface area contributed by atoms with Crippen LogP contribution in [-0.2, 0) is 31.6 Å². The van der Waals surface area contributed by atoms with Crippen molar-refractivity contribution in [3.63, 3.8) is 0 Å². The highest BCUT2D eigenvalue weighted by atomic mass is 32.2. The normalized spacial score (nSPS) is 22.0. The lowest BCUT2D eigenvalue weighted by Crippen LogP contribution is -2.49. The van der Waals surface area contributed by atoms with Crippen molar-refractivity contribution in [3.8, 4) is 5.75 Å². The van der Waals surface area contributed by atoms with Crippen molar-refractivity contribution in [2.45, 2.75) is 37.0 Å².